The van der Waals surface area contributed by atoms with E-state index in [1.54, 1.807) is 31.4 Å². The molecule has 0 aromatic heterocycles. The van der Waals surface area contributed by atoms with Gasteiger partial charge in [0.15, 0.2) is 0 Å². The molecule has 0 saturated carbocycles. The van der Waals surface area contributed by atoms with E-state index in [0.717, 1.165) is 17.8 Å². The Morgan fingerprint density at radius 2 is 2.08 bits per heavy atom. The van der Waals surface area contributed by atoms with Gasteiger partial charge in [0.2, 0.25) is 5.79 Å². The molecule has 1 aromatic carbocycles. The standard InChI is InChI=1S/C19H22N2O5/c1-12-10-13-4-7-16(11-17(13)26-19(12,2)24-3)25-15-8-5-14(6-9-15)20-18(22)21-23/h5-12,23H,4H2,1-3H3,(H2,20,21,22). The van der Waals surface area contributed by atoms with Crippen LogP contribution in [0, 0.1) is 5.92 Å². The molecule has 0 radical (unpaired) electrons. The van der Waals surface area contributed by atoms with Crippen molar-refractivity contribution < 1.29 is 24.2 Å². The average Bonchev–Trinajstić information content (AvgIpc) is 2.64. The second kappa shape index (κ2) is 7.23. The minimum Gasteiger partial charge on any atom is -0.462 e. The molecule has 0 fully saturated rings. The Morgan fingerprint density at radius 1 is 1.35 bits per heavy atom. The van der Waals surface area contributed by atoms with Crippen molar-refractivity contribution in [3.05, 3.63) is 59.6 Å². The second-order valence-corrected chi connectivity index (χ2v) is 6.31. The average molecular weight is 358 g/mol. The summed E-state index contributed by atoms with van der Waals surface area (Å²) in [7, 11) is 1.64. The summed E-state index contributed by atoms with van der Waals surface area (Å²) in [6, 6.07) is 6.09. The molecule has 0 spiro atoms. The van der Waals surface area contributed by atoms with E-state index in [-0.39, 0.29) is 5.92 Å². The van der Waals surface area contributed by atoms with Crippen molar-refractivity contribution in [3.63, 3.8) is 0 Å². The first-order valence-corrected chi connectivity index (χ1v) is 8.29. The molecule has 2 aliphatic rings. The first-order chi connectivity index (χ1) is 12.4. The van der Waals surface area contributed by atoms with Gasteiger partial charge in [-0.2, -0.15) is 0 Å². The Kier molecular flexibility index (Phi) is 5.01. The number of hydrogen-bond donors (Lipinski definition) is 3. The van der Waals surface area contributed by atoms with E-state index in [1.165, 1.54) is 5.48 Å². The zero-order valence-corrected chi connectivity index (χ0v) is 14.9. The van der Waals surface area contributed by atoms with Crippen molar-refractivity contribution in [2.24, 2.45) is 5.92 Å². The maximum Gasteiger partial charge on any atom is 0.342 e. The number of methoxy groups -OCH3 is 1. The lowest BCUT2D eigenvalue weighted by atomic mass is 9.91. The summed E-state index contributed by atoms with van der Waals surface area (Å²) in [6.45, 7) is 3.98. The number of urea groups is 1. The van der Waals surface area contributed by atoms with Gasteiger partial charge in [0, 0.05) is 31.7 Å². The Hall–Kier alpha value is -2.77. The van der Waals surface area contributed by atoms with Crippen molar-refractivity contribution in [1.82, 2.24) is 5.48 Å². The highest BCUT2D eigenvalue weighted by molar-refractivity contribution is 5.88. The molecule has 1 aliphatic heterocycles. The van der Waals surface area contributed by atoms with E-state index < -0.39 is 11.8 Å². The fourth-order valence-corrected chi connectivity index (χ4v) is 2.80. The maximum atomic E-state index is 11.1. The Labute approximate surface area is 151 Å². The number of anilines is 1. The third-order valence-electron chi connectivity index (χ3n) is 4.56. The third kappa shape index (κ3) is 3.74. The van der Waals surface area contributed by atoms with Crippen molar-refractivity contribution in [3.8, 4) is 5.75 Å². The van der Waals surface area contributed by atoms with Crippen LogP contribution in [0.5, 0.6) is 5.75 Å². The van der Waals surface area contributed by atoms with Gasteiger partial charge in [0.25, 0.3) is 0 Å². The smallest absolute Gasteiger partial charge is 0.342 e. The number of benzene rings is 1. The van der Waals surface area contributed by atoms with E-state index in [4.69, 9.17) is 19.4 Å². The quantitative estimate of drug-likeness (QED) is 0.564. The molecule has 0 bridgehead atoms. The van der Waals surface area contributed by atoms with Gasteiger partial charge in [-0.25, -0.2) is 10.3 Å². The Balaban J connectivity index is 1.70. The number of carbonyl (C=O) groups is 1. The van der Waals surface area contributed by atoms with Gasteiger partial charge in [0.05, 0.1) is 0 Å². The molecule has 1 heterocycles. The van der Waals surface area contributed by atoms with Crippen LogP contribution in [0.15, 0.2) is 59.6 Å². The van der Waals surface area contributed by atoms with Gasteiger partial charge in [-0.1, -0.05) is 13.0 Å². The van der Waals surface area contributed by atoms with Crippen molar-refractivity contribution >= 4 is 11.7 Å². The molecular weight excluding hydrogens is 336 g/mol. The number of ether oxygens (including phenoxy) is 3. The molecule has 1 aromatic rings. The first kappa shape index (κ1) is 18.0. The predicted octanol–water partition coefficient (Wildman–Crippen LogP) is 3.70. The molecular formula is C19H22N2O5. The molecule has 26 heavy (non-hydrogen) atoms. The zero-order chi connectivity index (χ0) is 18.7. The molecule has 138 valence electrons. The third-order valence-corrected chi connectivity index (χ3v) is 4.56. The van der Waals surface area contributed by atoms with Crippen LogP contribution in [0.4, 0.5) is 10.5 Å². The van der Waals surface area contributed by atoms with Crippen LogP contribution in [0.2, 0.25) is 0 Å². The fraction of sp³-hybridized carbons (Fsp3) is 0.316. The summed E-state index contributed by atoms with van der Waals surface area (Å²) < 4.78 is 17.5. The summed E-state index contributed by atoms with van der Waals surface area (Å²) >= 11 is 0. The lowest BCUT2D eigenvalue weighted by molar-refractivity contribution is -0.210. The summed E-state index contributed by atoms with van der Waals surface area (Å²) in [4.78, 5) is 11.1. The lowest BCUT2D eigenvalue weighted by Crippen LogP contribution is -2.40. The van der Waals surface area contributed by atoms with Crippen LogP contribution < -0.4 is 15.5 Å². The Morgan fingerprint density at radius 3 is 2.73 bits per heavy atom. The van der Waals surface area contributed by atoms with Gasteiger partial charge in [-0.05, 0) is 42.3 Å². The van der Waals surface area contributed by atoms with Gasteiger partial charge >= 0.3 is 6.03 Å². The SMILES string of the molecule is COC1(C)OC2=CC(Oc3ccc(NC(=O)NO)cc3)=CCC2=CC1C. The number of fused-ring (bicyclic) bond motifs is 1. The molecule has 0 saturated heterocycles. The molecule has 2 unspecified atom stereocenters. The van der Waals surface area contributed by atoms with Crippen LogP contribution >= 0.6 is 0 Å². The highest BCUT2D eigenvalue weighted by atomic mass is 16.7. The van der Waals surface area contributed by atoms with Crippen LogP contribution in [0.25, 0.3) is 0 Å². The number of allylic oxidation sites excluding steroid dienone is 3. The number of hydrogen-bond acceptors (Lipinski definition) is 5. The monoisotopic (exact) mass is 358 g/mol. The molecule has 2 amide bonds. The molecule has 7 nitrogen and oxygen atoms in total. The Bertz CT molecular complexity index is 782. The fourth-order valence-electron chi connectivity index (χ4n) is 2.80. The topological polar surface area (TPSA) is 89.0 Å². The number of nitrogens with one attached hydrogen (secondary N) is 2. The number of rotatable bonds is 4. The van der Waals surface area contributed by atoms with E-state index in [0.29, 0.717) is 17.2 Å². The normalized spacial score (nSPS) is 24.3. The summed E-state index contributed by atoms with van der Waals surface area (Å²) in [5.74, 6) is 1.50. The summed E-state index contributed by atoms with van der Waals surface area (Å²) in [6.07, 6.45) is 6.73. The van der Waals surface area contributed by atoms with Gasteiger partial charge < -0.3 is 19.5 Å². The summed E-state index contributed by atoms with van der Waals surface area (Å²) in [5.41, 5.74) is 3.16. The summed E-state index contributed by atoms with van der Waals surface area (Å²) in [5, 5.41) is 11.0. The highest BCUT2D eigenvalue weighted by Crippen LogP contribution is 2.39. The number of hydroxylamine groups is 1. The molecule has 7 heteroatoms. The number of amides is 2. The van der Waals surface area contributed by atoms with Crippen LogP contribution in [-0.4, -0.2) is 24.1 Å². The van der Waals surface area contributed by atoms with E-state index in [2.05, 4.69) is 18.3 Å². The molecule has 3 N–H and O–H groups in total. The minimum absolute atomic E-state index is 0.145. The second-order valence-electron chi connectivity index (χ2n) is 6.31. The van der Waals surface area contributed by atoms with Crippen molar-refractivity contribution in [1.29, 1.82) is 0 Å². The van der Waals surface area contributed by atoms with Crippen LogP contribution in [-0.2, 0) is 9.47 Å². The van der Waals surface area contributed by atoms with Crippen molar-refractivity contribution in [2.45, 2.75) is 26.1 Å². The lowest BCUT2D eigenvalue weighted by Gasteiger charge is -2.39. The van der Waals surface area contributed by atoms with E-state index in [9.17, 15) is 4.79 Å². The highest BCUT2D eigenvalue weighted by Gasteiger charge is 2.38. The molecule has 2 atom stereocenters. The van der Waals surface area contributed by atoms with Gasteiger partial charge in [-0.15, -0.1) is 0 Å². The zero-order valence-electron chi connectivity index (χ0n) is 14.9. The molecule has 1 aliphatic carbocycles. The minimum atomic E-state index is -0.706. The van der Waals surface area contributed by atoms with Crippen LogP contribution in [0.1, 0.15) is 20.3 Å². The first-order valence-electron chi connectivity index (χ1n) is 8.29. The van der Waals surface area contributed by atoms with E-state index in [1.807, 2.05) is 19.1 Å². The van der Waals surface area contributed by atoms with Crippen molar-refractivity contribution in [2.75, 3.05) is 12.4 Å². The molecule has 3 rings (SSSR count). The van der Waals surface area contributed by atoms with Crippen LogP contribution in [0.3, 0.4) is 0 Å². The maximum absolute atomic E-state index is 11.1. The van der Waals surface area contributed by atoms with Gasteiger partial charge in [-0.3, -0.25) is 5.21 Å². The number of carbonyl (C=O) groups excluding carboxylic acids is 1. The van der Waals surface area contributed by atoms with Gasteiger partial charge in [0.1, 0.15) is 17.3 Å². The van der Waals surface area contributed by atoms with E-state index >= 15 is 0 Å². The largest absolute Gasteiger partial charge is 0.462 e. The predicted molar refractivity (Wildman–Crippen MR) is 95.5 cm³/mol.